The molecular weight excluding hydrogens is 380 g/mol. The first-order valence-electron chi connectivity index (χ1n) is 9.97. The van der Waals surface area contributed by atoms with Gasteiger partial charge in [-0.2, -0.15) is 9.36 Å². The molecule has 4 aromatic rings. The number of rotatable bonds is 6. The first-order valence-corrected chi connectivity index (χ1v) is 9.97. The Labute approximate surface area is 173 Å². The predicted octanol–water partition coefficient (Wildman–Crippen LogP) is 2.92. The molecule has 30 heavy (non-hydrogen) atoms. The summed E-state index contributed by atoms with van der Waals surface area (Å²) >= 11 is 0. The van der Waals surface area contributed by atoms with Crippen LogP contribution in [0.4, 0.5) is 0 Å². The van der Waals surface area contributed by atoms with E-state index >= 15 is 0 Å². The second-order valence-corrected chi connectivity index (χ2v) is 7.64. The number of tetrazole rings is 1. The SMILES string of the molecule is Cc1ccc(-n2ccc(OCc3c(C4CC4)cccc3-n3nnn(C)c3=O)n2)cc1. The van der Waals surface area contributed by atoms with Crippen LogP contribution in [0.1, 0.15) is 35.4 Å². The lowest BCUT2D eigenvalue weighted by atomic mass is 10.0. The Hall–Kier alpha value is -3.68. The van der Waals surface area contributed by atoms with E-state index in [-0.39, 0.29) is 5.69 Å². The van der Waals surface area contributed by atoms with E-state index in [0.29, 0.717) is 24.1 Å². The van der Waals surface area contributed by atoms with Gasteiger partial charge < -0.3 is 4.74 Å². The Kier molecular flexibility index (Phi) is 4.46. The van der Waals surface area contributed by atoms with Crippen molar-refractivity contribution < 1.29 is 4.74 Å². The van der Waals surface area contributed by atoms with E-state index in [1.807, 2.05) is 48.7 Å². The summed E-state index contributed by atoms with van der Waals surface area (Å²) in [6.07, 6.45) is 4.17. The van der Waals surface area contributed by atoms with Crippen molar-refractivity contribution in [2.75, 3.05) is 0 Å². The maximum Gasteiger partial charge on any atom is 0.368 e. The van der Waals surface area contributed by atoms with Crippen LogP contribution in [-0.4, -0.2) is 29.6 Å². The monoisotopic (exact) mass is 402 g/mol. The molecular formula is C22H22N6O2. The molecule has 1 fully saturated rings. The van der Waals surface area contributed by atoms with E-state index in [1.165, 1.54) is 20.5 Å². The molecule has 0 amide bonds. The third-order valence-corrected chi connectivity index (χ3v) is 5.38. The number of ether oxygens (including phenoxy) is 1. The largest absolute Gasteiger partial charge is 0.472 e. The van der Waals surface area contributed by atoms with Crippen molar-refractivity contribution >= 4 is 0 Å². The molecule has 0 bridgehead atoms. The molecule has 0 aliphatic heterocycles. The summed E-state index contributed by atoms with van der Waals surface area (Å²) in [5.74, 6) is 1.03. The molecule has 1 saturated carbocycles. The van der Waals surface area contributed by atoms with Crippen molar-refractivity contribution in [2.24, 2.45) is 7.05 Å². The molecule has 0 atom stereocenters. The number of aryl methyl sites for hydroxylation is 2. The number of aromatic nitrogens is 6. The minimum atomic E-state index is -0.284. The third kappa shape index (κ3) is 3.41. The van der Waals surface area contributed by atoms with Crippen molar-refractivity contribution in [3.05, 3.63) is 81.9 Å². The van der Waals surface area contributed by atoms with Crippen molar-refractivity contribution in [3.63, 3.8) is 0 Å². The zero-order chi connectivity index (χ0) is 20.7. The van der Waals surface area contributed by atoms with Crippen LogP contribution in [0.5, 0.6) is 5.88 Å². The Bertz CT molecular complexity index is 1250. The van der Waals surface area contributed by atoms with Gasteiger partial charge in [-0.1, -0.05) is 29.8 Å². The first kappa shape index (κ1) is 18.4. The lowest BCUT2D eigenvalue weighted by molar-refractivity contribution is 0.290. The molecule has 8 nitrogen and oxygen atoms in total. The predicted molar refractivity (Wildman–Crippen MR) is 111 cm³/mol. The van der Waals surface area contributed by atoms with Gasteiger partial charge in [0.05, 0.1) is 11.4 Å². The summed E-state index contributed by atoms with van der Waals surface area (Å²) in [5, 5.41) is 12.4. The standard InChI is InChI=1S/C22H22N6O2/c1-15-6-10-17(11-7-15)27-13-12-21(23-27)30-14-19-18(16-8-9-16)4-3-5-20(19)28-22(29)26(2)24-25-28/h3-7,10-13,16H,8-9,14H2,1-2H3. The van der Waals surface area contributed by atoms with Crippen molar-refractivity contribution in [3.8, 4) is 17.3 Å². The van der Waals surface area contributed by atoms with Gasteiger partial charge in [0.2, 0.25) is 5.88 Å². The molecule has 152 valence electrons. The molecule has 2 heterocycles. The lowest BCUT2D eigenvalue weighted by Gasteiger charge is -2.14. The molecule has 0 radical (unpaired) electrons. The molecule has 8 heteroatoms. The average Bonchev–Trinajstić information content (AvgIpc) is 3.41. The lowest BCUT2D eigenvalue weighted by Crippen LogP contribution is -2.23. The molecule has 1 aliphatic rings. The Morgan fingerprint density at radius 2 is 1.87 bits per heavy atom. The van der Waals surface area contributed by atoms with Crippen LogP contribution >= 0.6 is 0 Å². The van der Waals surface area contributed by atoms with E-state index in [9.17, 15) is 4.79 Å². The quantitative estimate of drug-likeness (QED) is 0.495. The molecule has 5 rings (SSSR count). The summed E-state index contributed by atoms with van der Waals surface area (Å²) in [5.41, 5.74) is 4.74. The number of hydrogen-bond donors (Lipinski definition) is 0. The second kappa shape index (κ2) is 7.29. The van der Waals surface area contributed by atoms with Gasteiger partial charge in [-0.15, -0.1) is 5.10 Å². The van der Waals surface area contributed by atoms with Crippen molar-refractivity contribution in [2.45, 2.75) is 32.3 Å². The summed E-state index contributed by atoms with van der Waals surface area (Å²) in [6.45, 7) is 2.36. The highest BCUT2D eigenvalue weighted by atomic mass is 16.5. The summed E-state index contributed by atoms with van der Waals surface area (Å²) in [6, 6.07) is 15.9. The van der Waals surface area contributed by atoms with Crippen LogP contribution in [0, 0.1) is 6.92 Å². The first-order chi connectivity index (χ1) is 14.6. The second-order valence-electron chi connectivity index (χ2n) is 7.64. The number of benzene rings is 2. The molecule has 1 aliphatic carbocycles. The van der Waals surface area contributed by atoms with Gasteiger partial charge in [-0.25, -0.2) is 9.48 Å². The summed E-state index contributed by atoms with van der Waals surface area (Å²) in [4.78, 5) is 12.4. The number of nitrogens with zero attached hydrogens (tertiary/aromatic N) is 6. The summed E-state index contributed by atoms with van der Waals surface area (Å²) < 4.78 is 10.4. The van der Waals surface area contributed by atoms with E-state index < -0.39 is 0 Å². The van der Waals surface area contributed by atoms with Gasteiger partial charge in [-0.05, 0) is 59.9 Å². The topological polar surface area (TPSA) is 79.8 Å². The number of hydrogen-bond acceptors (Lipinski definition) is 5. The van der Waals surface area contributed by atoms with E-state index in [2.05, 4.69) is 28.5 Å². The zero-order valence-corrected chi connectivity index (χ0v) is 16.9. The maximum absolute atomic E-state index is 12.4. The highest BCUT2D eigenvalue weighted by Crippen LogP contribution is 2.43. The molecule has 2 aromatic heterocycles. The molecule has 0 spiro atoms. The van der Waals surface area contributed by atoms with Crippen LogP contribution in [0.25, 0.3) is 11.4 Å². The van der Waals surface area contributed by atoms with E-state index in [1.54, 1.807) is 11.7 Å². The molecule has 0 saturated heterocycles. The van der Waals surface area contributed by atoms with Gasteiger partial charge in [-0.3, -0.25) is 0 Å². The smallest absolute Gasteiger partial charge is 0.368 e. The Morgan fingerprint density at radius 1 is 1.07 bits per heavy atom. The minimum Gasteiger partial charge on any atom is -0.472 e. The molecule has 2 aromatic carbocycles. The molecule has 0 unspecified atom stereocenters. The highest BCUT2D eigenvalue weighted by Gasteiger charge is 2.28. The van der Waals surface area contributed by atoms with Gasteiger partial charge >= 0.3 is 5.69 Å². The maximum atomic E-state index is 12.4. The Morgan fingerprint density at radius 3 is 2.57 bits per heavy atom. The summed E-state index contributed by atoms with van der Waals surface area (Å²) in [7, 11) is 1.59. The van der Waals surface area contributed by atoms with Crippen LogP contribution in [0.2, 0.25) is 0 Å². The van der Waals surface area contributed by atoms with Crippen LogP contribution in [-0.2, 0) is 13.7 Å². The van der Waals surface area contributed by atoms with E-state index in [4.69, 9.17) is 4.74 Å². The van der Waals surface area contributed by atoms with Gasteiger partial charge in [0.15, 0.2) is 0 Å². The fourth-order valence-electron chi connectivity index (χ4n) is 3.56. The van der Waals surface area contributed by atoms with Crippen molar-refractivity contribution in [1.29, 1.82) is 0 Å². The fraction of sp³-hybridized carbons (Fsp3) is 0.273. The Balaban J connectivity index is 1.44. The zero-order valence-electron chi connectivity index (χ0n) is 16.9. The van der Waals surface area contributed by atoms with Gasteiger partial charge in [0.1, 0.15) is 6.61 Å². The minimum absolute atomic E-state index is 0.284. The van der Waals surface area contributed by atoms with Crippen LogP contribution in [0.3, 0.4) is 0 Å². The highest BCUT2D eigenvalue weighted by molar-refractivity contribution is 5.48. The normalized spacial score (nSPS) is 13.5. The fourth-order valence-corrected chi connectivity index (χ4v) is 3.56. The van der Waals surface area contributed by atoms with Crippen LogP contribution in [0.15, 0.2) is 59.5 Å². The van der Waals surface area contributed by atoms with Crippen LogP contribution < -0.4 is 10.4 Å². The third-order valence-electron chi connectivity index (χ3n) is 5.38. The van der Waals surface area contributed by atoms with Gasteiger partial charge in [0, 0.05) is 24.9 Å². The average molecular weight is 402 g/mol. The van der Waals surface area contributed by atoms with E-state index in [0.717, 1.165) is 24.1 Å². The molecule has 0 N–H and O–H groups in total. The van der Waals surface area contributed by atoms with Gasteiger partial charge in [0.25, 0.3) is 0 Å². The van der Waals surface area contributed by atoms with Crippen molar-refractivity contribution in [1.82, 2.24) is 29.6 Å².